The SMILES string of the molecule is CC[C@H]1CCC(=O)[C@@H]1[C@@H](O)c1ccccc1. The van der Waals surface area contributed by atoms with Gasteiger partial charge in [0.05, 0.1) is 12.0 Å². The highest BCUT2D eigenvalue weighted by atomic mass is 16.3. The van der Waals surface area contributed by atoms with E-state index in [1.165, 1.54) is 0 Å². The van der Waals surface area contributed by atoms with Crippen molar-refractivity contribution in [1.82, 2.24) is 0 Å². The van der Waals surface area contributed by atoms with Crippen LogP contribution in [0.4, 0.5) is 0 Å². The lowest BCUT2D eigenvalue weighted by molar-refractivity contribution is -0.124. The minimum atomic E-state index is -0.624. The average Bonchev–Trinajstić information content (AvgIpc) is 2.70. The Morgan fingerprint density at radius 2 is 2.06 bits per heavy atom. The zero-order valence-corrected chi connectivity index (χ0v) is 9.60. The van der Waals surface area contributed by atoms with Crippen molar-refractivity contribution in [2.45, 2.75) is 32.3 Å². The lowest BCUT2D eigenvalue weighted by Gasteiger charge is -2.22. The number of Topliss-reactive ketones (excluding diaryl/α,β-unsaturated/α-hetero) is 1. The van der Waals surface area contributed by atoms with Crippen LogP contribution in [0.25, 0.3) is 0 Å². The third-order valence-electron chi connectivity index (χ3n) is 3.65. The Kier molecular flexibility index (Phi) is 3.39. The smallest absolute Gasteiger partial charge is 0.139 e. The van der Waals surface area contributed by atoms with Gasteiger partial charge in [-0.25, -0.2) is 0 Å². The van der Waals surface area contributed by atoms with Gasteiger partial charge in [-0.05, 0) is 17.9 Å². The molecule has 2 rings (SSSR count). The molecule has 2 heteroatoms. The van der Waals surface area contributed by atoms with Gasteiger partial charge in [-0.2, -0.15) is 0 Å². The number of ketones is 1. The number of rotatable bonds is 3. The van der Waals surface area contributed by atoms with Crippen molar-refractivity contribution in [2.24, 2.45) is 11.8 Å². The van der Waals surface area contributed by atoms with Crippen molar-refractivity contribution in [3.05, 3.63) is 35.9 Å². The summed E-state index contributed by atoms with van der Waals surface area (Å²) in [4.78, 5) is 11.8. The zero-order valence-electron chi connectivity index (χ0n) is 9.60. The Labute approximate surface area is 96.3 Å². The zero-order chi connectivity index (χ0) is 11.5. The molecule has 0 aromatic heterocycles. The maximum Gasteiger partial charge on any atom is 0.139 e. The predicted octanol–water partition coefficient (Wildman–Crippen LogP) is 2.73. The molecule has 1 aromatic rings. The van der Waals surface area contributed by atoms with Crippen LogP contribution >= 0.6 is 0 Å². The Balaban J connectivity index is 2.20. The molecule has 16 heavy (non-hydrogen) atoms. The molecule has 0 amide bonds. The molecular formula is C14H18O2. The maximum absolute atomic E-state index is 11.8. The highest BCUT2D eigenvalue weighted by molar-refractivity contribution is 5.84. The van der Waals surface area contributed by atoms with Crippen LogP contribution in [-0.4, -0.2) is 10.9 Å². The number of carbonyl (C=O) groups is 1. The molecule has 2 nitrogen and oxygen atoms in total. The van der Waals surface area contributed by atoms with Crippen molar-refractivity contribution in [1.29, 1.82) is 0 Å². The van der Waals surface area contributed by atoms with Gasteiger partial charge >= 0.3 is 0 Å². The van der Waals surface area contributed by atoms with Crippen LogP contribution in [0.15, 0.2) is 30.3 Å². The second-order valence-corrected chi connectivity index (χ2v) is 4.55. The summed E-state index contributed by atoms with van der Waals surface area (Å²) in [6, 6.07) is 9.51. The summed E-state index contributed by atoms with van der Waals surface area (Å²) in [6.45, 7) is 2.09. The number of hydrogen-bond acceptors (Lipinski definition) is 2. The summed E-state index contributed by atoms with van der Waals surface area (Å²) in [5.41, 5.74) is 0.862. The van der Waals surface area contributed by atoms with E-state index >= 15 is 0 Å². The first-order valence-corrected chi connectivity index (χ1v) is 5.99. The van der Waals surface area contributed by atoms with Gasteiger partial charge in [-0.15, -0.1) is 0 Å². The molecule has 86 valence electrons. The van der Waals surface area contributed by atoms with Crippen molar-refractivity contribution in [3.8, 4) is 0 Å². The number of aliphatic hydroxyl groups excluding tert-OH is 1. The number of hydrogen-bond donors (Lipinski definition) is 1. The number of aliphatic hydroxyl groups is 1. The number of carbonyl (C=O) groups excluding carboxylic acids is 1. The van der Waals surface area contributed by atoms with E-state index in [1.54, 1.807) is 0 Å². The molecule has 1 saturated carbocycles. The van der Waals surface area contributed by atoms with Crippen LogP contribution < -0.4 is 0 Å². The largest absolute Gasteiger partial charge is 0.388 e. The molecule has 1 fully saturated rings. The Bertz CT molecular complexity index is 358. The van der Waals surface area contributed by atoms with Gasteiger partial charge in [0.2, 0.25) is 0 Å². The molecular weight excluding hydrogens is 200 g/mol. The van der Waals surface area contributed by atoms with Crippen molar-refractivity contribution in [2.75, 3.05) is 0 Å². The van der Waals surface area contributed by atoms with Crippen molar-refractivity contribution < 1.29 is 9.90 Å². The second-order valence-electron chi connectivity index (χ2n) is 4.55. The van der Waals surface area contributed by atoms with Gasteiger partial charge in [0.15, 0.2) is 0 Å². The third-order valence-corrected chi connectivity index (χ3v) is 3.65. The van der Waals surface area contributed by atoms with E-state index in [-0.39, 0.29) is 11.7 Å². The third kappa shape index (κ3) is 2.03. The fourth-order valence-electron chi connectivity index (χ4n) is 2.69. The molecule has 1 N–H and O–H groups in total. The first-order valence-electron chi connectivity index (χ1n) is 5.99. The average molecular weight is 218 g/mol. The van der Waals surface area contributed by atoms with Gasteiger partial charge in [0, 0.05) is 6.42 Å². The van der Waals surface area contributed by atoms with Gasteiger partial charge in [-0.3, -0.25) is 4.79 Å². The van der Waals surface area contributed by atoms with E-state index in [4.69, 9.17) is 0 Å². The molecule has 0 bridgehead atoms. The Hall–Kier alpha value is -1.15. The molecule has 0 saturated heterocycles. The number of benzene rings is 1. The molecule has 1 aromatic carbocycles. The first kappa shape index (κ1) is 11.3. The first-order chi connectivity index (χ1) is 7.74. The molecule has 0 aliphatic heterocycles. The topological polar surface area (TPSA) is 37.3 Å². The van der Waals surface area contributed by atoms with E-state index < -0.39 is 6.10 Å². The summed E-state index contributed by atoms with van der Waals surface area (Å²) in [7, 11) is 0. The molecule has 3 atom stereocenters. The highest BCUT2D eigenvalue weighted by Gasteiger charge is 2.38. The van der Waals surface area contributed by atoms with Crippen LogP contribution in [-0.2, 0) is 4.79 Å². The van der Waals surface area contributed by atoms with Crippen LogP contribution in [0.5, 0.6) is 0 Å². The van der Waals surface area contributed by atoms with Gasteiger partial charge in [0.25, 0.3) is 0 Å². The van der Waals surface area contributed by atoms with E-state index in [9.17, 15) is 9.90 Å². The van der Waals surface area contributed by atoms with Crippen LogP contribution in [0, 0.1) is 11.8 Å². The van der Waals surface area contributed by atoms with Gasteiger partial charge in [0.1, 0.15) is 5.78 Å². The molecule has 0 heterocycles. The summed E-state index contributed by atoms with van der Waals surface area (Å²) >= 11 is 0. The lowest BCUT2D eigenvalue weighted by Crippen LogP contribution is -2.22. The van der Waals surface area contributed by atoms with Gasteiger partial charge in [-0.1, -0.05) is 43.7 Å². The Morgan fingerprint density at radius 1 is 1.38 bits per heavy atom. The molecule has 1 aliphatic rings. The normalized spacial score (nSPS) is 27.0. The fourth-order valence-corrected chi connectivity index (χ4v) is 2.69. The standard InChI is InChI=1S/C14H18O2/c1-2-10-8-9-12(15)13(10)14(16)11-6-4-3-5-7-11/h3-7,10,13-14,16H,2,8-9H2,1H3/t10-,13+,14-/m0/s1. The van der Waals surface area contributed by atoms with Crippen molar-refractivity contribution in [3.63, 3.8) is 0 Å². The quantitative estimate of drug-likeness (QED) is 0.847. The lowest BCUT2D eigenvalue weighted by atomic mass is 9.85. The van der Waals surface area contributed by atoms with E-state index in [0.717, 1.165) is 18.4 Å². The van der Waals surface area contributed by atoms with Crippen LogP contribution in [0.2, 0.25) is 0 Å². The van der Waals surface area contributed by atoms with Gasteiger partial charge < -0.3 is 5.11 Å². The fraction of sp³-hybridized carbons (Fsp3) is 0.500. The van der Waals surface area contributed by atoms with Crippen LogP contribution in [0.3, 0.4) is 0 Å². The Morgan fingerprint density at radius 3 is 2.69 bits per heavy atom. The highest BCUT2D eigenvalue weighted by Crippen LogP contribution is 2.39. The molecule has 0 radical (unpaired) electrons. The summed E-state index contributed by atoms with van der Waals surface area (Å²) < 4.78 is 0. The minimum absolute atomic E-state index is 0.188. The van der Waals surface area contributed by atoms with Crippen LogP contribution in [0.1, 0.15) is 37.9 Å². The molecule has 0 spiro atoms. The molecule has 0 unspecified atom stereocenters. The van der Waals surface area contributed by atoms with E-state index in [1.807, 2.05) is 30.3 Å². The minimum Gasteiger partial charge on any atom is -0.388 e. The monoisotopic (exact) mass is 218 g/mol. The molecule has 1 aliphatic carbocycles. The second kappa shape index (κ2) is 4.79. The van der Waals surface area contributed by atoms with E-state index in [0.29, 0.717) is 12.3 Å². The maximum atomic E-state index is 11.8. The summed E-state index contributed by atoms with van der Waals surface area (Å²) in [6.07, 6.45) is 1.92. The van der Waals surface area contributed by atoms with E-state index in [2.05, 4.69) is 6.92 Å². The predicted molar refractivity (Wildman–Crippen MR) is 62.9 cm³/mol. The van der Waals surface area contributed by atoms with Crippen molar-refractivity contribution >= 4 is 5.78 Å². The summed E-state index contributed by atoms with van der Waals surface area (Å²) in [5, 5.41) is 10.3. The summed E-state index contributed by atoms with van der Waals surface area (Å²) in [5.74, 6) is 0.387.